The molecule has 1 aliphatic rings. The molecular weight excluding hydrogens is 328 g/mol. The molecule has 3 rings (SSSR count). The SMILES string of the molecule is COc1ccccc1C1CCN(c2cc(C)c(Br)cn2)C1. The molecule has 0 spiro atoms. The summed E-state index contributed by atoms with van der Waals surface area (Å²) in [5.74, 6) is 2.56. The summed E-state index contributed by atoms with van der Waals surface area (Å²) < 4.78 is 6.55. The molecule has 4 heteroatoms. The monoisotopic (exact) mass is 346 g/mol. The van der Waals surface area contributed by atoms with Gasteiger partial charge in [-0.3, -0.25) is 0 Å². The highest BCUT2D eigenvalue weighted by Crippen LogP contribution is 2.35. The number of aromatic nitrogens is 1. The summed E-state index contributed by atoms with van der Waals surface area (Å²) in [6, 6.07) is 10.5. The lowest BCUT2D eigenvalue weighted by atomic mass is 9.97. The lowest BCUT2D eigenvalue weighted by Gasteiger charge is -2.19. The maximum atomic E-state index is 5.49. The van der Waals surface area contributed by atoms with Crippen LogP contribution < -0.4 is 9.64 Å². The summed E-state index contributed by atoms with van der Waals surface area (Å²) in [5.41, 5.74) is 2.53. The molecule has 0 aliphatic carbocycles. The summed E-state index contributed by atoms with van der Waals surface area (Å²) in [5, 5.41) is 0. The van der Waals surface area contributed by atoms with Crippen molar-refractivity contribution in [2.24, 2.45) is 0 Å². The van der Waals surface area contributed by atoms with Gasteiger partial charge in [-0.15, -0.1) is 0 Å². The first kappa shape index (κ1) is 14.4. The molecule has 0 amide bonds. The summed E-state index contributed by atoms with van der Waals surface area (Å²) in [6.45, 7) is 4.13. The smallest absolute Gasteiger partial charge is 0.128 e. The third-order valence-corrected chi connectivity index (χ3v) is 4.95. The molecule has 0 saturated carbocycles. The zero-order valence-corrected chi connectivity index (χ0v) is 13.9. The molecule has 1 unspecified atom stereocenters. The first-order valence-corrected chi connectivity index (χ1v) is 7.98. The third kappa shape index (κ3) is 2.91. The fourth-order valence-corrected chi connectivity index (χ4v) is 3.14. The van der Waals surface area contributed by atoms with Gasteiger partial charge in [0.15, 0.2) is 0 Å². The summed E-state index contributed by atoms with van der Waals surface area (Å²) >= 11 is 3.51. The van der Waals surface area contributed by atoms with Gasteiger partial charge in [-0.25, -0.2) is 4.98 Å². The van der Waals surface area contributed by atoms with E-state index in [1.807, 2.05) is 18.3 Å². The molecule has 110 valence electrons. The largest absolute Gasteiger partial charge is 0.496 e. The summed E-state index contributed by atoms with van der Waals surface area (Å²) in [4.78, 5) is 6.90. The first-order chi connectivity index (χ1) is 10.2. The van der Waals surface area contributed by atoms with E-state index in [-0.39, 0.29) is 0 Å². The second kappa shape index (κ2) is 6.06. The van der Waals surface area contributed by atoms with Crippen LogP contribution in [0, 0.1) is 6.92 Å². The van der Waals surface area contributed by atoms with Crippen LogP contribution >= 0.6 is 15.9 Å². The molecule has 0 bridgehead atoms. The van der Waals surface area contributed by atoms with Crippen molar-refractivity contribution in [1.82, 2.24) is 4.98 Å². The average molecular weight is 347 g/mol. The van der Waals surface area contributed by atoms with Crippen molar-refractivity contribution in [2.45, 2.75) is 19.3 Å². The van der Waals surface area contributed by atoms with Gasteiger partial charge < -0.3 is 9.64 Å². The Labute approximate surface area is 134 Å². The summed E-state index contributed by atoms with van der Waals surface area (Å²) in [7, 11) is 1.74. The first-order valence-electron chi connectivity index (χ1n) is 7.19. The van der Waals surface area contributed by atoms with E-state index < -0.39 is 0 Å². The molecule has 2 aromatic rings. The van der Waals surface area contributed by atoms with E-state index in [2.05, 4.69) is 50.9 Å². The van der Waals surface area contributed by atoms with E-state index in [1.54, 1.807) is 7.11 Å². The van der Waals surface area contributed by atoms with E-state index in [0.29, 0.717) is 5.92 Å². The highest BCUT2D eigenvalue weighted by molar-refractivity contribution is 9.10. The Kier molecular flexibility index (Phi) is 4.15. The predicted molar refractivity (Wildman–Crippen MR) is 89.2 cm³/mol. The van der Waals surface area contributed by atoms with Crippen LogP contribution in [-0.4, -0.2) is 25.2 Å². The van der Waals surface area contributed by atoms with Crippen LogP contribution in [0.25, 0.3) is 0 Å². The van der Waals surface area contributed by atoms with Crippen molar-refractivity contribution in [2.75, 3.05) is 25.1 Å². The number of pyridine rings is 1. The number of nitrogens with zero attached hydrogens (tertiary/aromatic N) is 2. The molecule has 1 atom stereocenters. The third-order valence-electron chi connectivity index (χ3n) is 4.12. The van der Waals surface area contributed by atoms with Gasteiger partial charge >= 0.3 is 0 Å². The highest BCUT2D eigenvalue weighted by Gasteiger charge is 2.26. The molecule has 3 nitrogen and oxygen atoms in total. The van der Waals surface area contributed by atoms with Crippen LogP contribution in [0.4, 0.5) is 5.82 Å². The van der Waals surface area contributed by atoms with E-state index in [0.717, 1.165) is 35.6 Å². The Morgan fingerprint density at radius 1 is 1.33 bits per heavy atom. The van der Waals surface area contributed by atoms with Crippen LogP contribution in [0.5, 0.6) is 5.75 Å². The minimum Gasteiger partial charge on any atom is -0.496 e. The van der Waals surface area contributed by atoms with Gasteiger partial charge in [-0.05, 0) is 52.5 Å². The fraction of sp³-hybridized carbons (Fsp3) is 0.353. The zero-order valence-electron chi connectivity index (χ0n) is 12.3. The van der Waals surface area contributed by atoms with Crippen molar-refractivity contribution in [1.29, 1.82) is 0 Å². The highest BCUT2D eigenvalue weighted by atomic mass is 79.9. The maximum Gasteiger partial charge on any atom is 0.128 e. The Morgan fingerprint density at radius 3 is 2.90 bits per heavy atom. The maximum absolute atomic E-state index is 5.49. The van der Waals surface area contributed by atoms with E-state index >= 15 is 0 Å². The predicted octanol–water partition coefficient (Wildman–Crippen LogP) is 4.16. The van der Waals surface area contributed by atoms with Crippen molar-refractivity contribution in [3.05, 3.63) is 52.1 Å². The Morgan fingerprint density at radius 2 is 2.14 bits per heavy atom. The minimum absolute atomic E-state index is 0.506. The van der Waals surface area contributed by atoms with E-state index in [9.17, 15) is 0 Å². The van der Waals surface area contributed by atoms with Crippen molar-refractivity contribution in [3.63, 3.8) is 0 Å². The molecule has 1 saturated heterocycles. The van der Waals surface area contributed by atoms with Gasteiger partial charge in [0.2, 0.25) is 0 Å². The average Bonchev–Trinajstić information content (AvgIpc) is 2.99. The molecule has 21 heavy (non-hydrogen) atoms. The number of hydrogen-bond donors (Lipinski definition) is 0. The van der Waals surface area contributed by atoms with Crippen LogP contribution in [0.15, 0.2) is 41.0 Å². The fourth-order valence-electron chi connectivity index (χ4n) is 2.92. The number of ether oxygens (including phenoxy) is 1. The molecule has 0 N–H and O–H groups in total. The number of benzene rings is 1. The topological polar surface area (TPSA) is 25.4 Å². The molecule has 1 aromatic carbocycles. The quantitative estimate of drug-likeness (QED) is 0.834. The normalized spacial score (nSPS) is 18.0. The number of rotatable bonds is 3. The number of anilines is 1. The Balaban J connectivity index is 1.80. The van der Waals surface area contributed by atoms with Crippen molar-refractivity contribution >= 4 is 21.7 Å². The lowest BCUT2D eigenvalue weighted by molar-refractivity contribution is 0.406. The Bertz CT molecular complexity index is 644. The van der Waals surface area contributed by atoms with Gasteiger partial charge in [-0.2, -0.15) is 0 Å². The number of methoxy groups -OCH3 is 1. The molecule has 1 aromatic heterocycles. The standard InChI is InChI=1S/C17H19BrN2O/c1-12-9-17(19-10-15(12)18)20-8-7-13(11-20)14-5-3-4-6-16(14)21-2/h3-6,9-10,13H,7-8,11H2,1-2H3. The Hall–Kier alpha value is -1.55. The number of hydrogen-bond acceptors (Lipinski definition) is 3. The van der Waals surface area contributed by atoms with Crippen LogP contribution in [-0.2, 0) is 0 Å². The summed E-state index contributed by atoms with van der Waals surface area (Å²) in [6.07, 6.45) is 3.03. The van der Waals surface area contributed by atoms with Gasteiger partial charge in [0.05, 0.1) is 7.11 Å². The second-order valence-corrected chi connectivity index (χ2v) is 6.32. The second-order valence-electron chi connectivity index (χ2n) is 5.47. The number of para-hydroxylation sites is 1. The van der Waals surface area contributed by atoms with Crippen LogP contribution in [0.1, 0.15) is 23.5 Å². The minimum atomic E-state index is 0.506. The van der Waals surface area contributed by atoms with E-state index in [1.165, 1.54) is 11.1 Å². The van der Waals surface area contributed by atoms with Crippen molar-refractivity contribution in [3.8, 4) is 5.75 Å². The molecule has 2 heterocycles. The zero-order chi connectivity index (χ0) is 14.8. The van der Waals surface area contributed by atoms with Crippen LogP contribution in [0.3, 0.4) is 0 Å². The van der Waals surface area contributed by atoms with Crippen LogP contribution in [0.2, 0.25) is 0 Å². The lowest BCUT2D eigenvalue weighted by Crippen LogP contribution is -2.20. The number of aryl methyl sites for hydroxylation is 1. The van der Waals surface area contributed by atoms with Gasteiger partial charge in [0.1, 0.15) is 11.6 Å². The van der Waals surface area contributed by atoms with Gasteiger partial charge in [0.25, 0.3) is 0 Å². The molecule has 0 radical (unpaired) electrons. The van der Waals surface area contributed by atoms with E-state index in [4.69, 9.17) is 4.74 Å². The number of halogens is 1. The van der Waals surface area contributed by atoms with Gasteiger partial charge in [0, 0.05) is 29.7 Å². The molecular formula is C17H19BrN2O. The molecule has 1 fully saturated rings. The van der Waals surface area contributed by atoms with Crippen molar-refractivity contribution < 1.29 is 4.74 Å². The molecule has 1 aliphatic heterocycles. The van der Waals surface area contributed by atoms with Gasteiger partial charge in [-0.1, -0.05) is 18.2 Å².